The van der Waals surface area contributed by atoms with E-state index in [1.54, 1.807) is 31.2 Å². The fourth-order valence-electron chi connectivity index (χ4n) is 5.83. The second kappa shape index (κ2) is 10.4. The van der Waals surface area contributed by atoms with Crippen LogP contribution in [0, 0.1) is 11.8 Å². The first-order valence-electron chi connectivity index (χ1n) is 14.5. The van der Waals surface area contributed by atoms with Gasteiger partial charge in [-0.25, -0.2) is 4.90 Å². The molecule has 3 heterocycles. The fourth-order valence-corrected chi connectivity index (χ4v) is 8.47. The number of ether oxygens (including phenoxy) is 1. The summed E-state index contributed by atoms with van der Waals surface area (Å²) in [5.74, 6) is -2.63. The van der Waals surface area contributed by atoms with Gasteiger partial charge in [-0.1, -0.05) is 59.7 Å². The van der Waals surface area contributed by atoms with Gasteiger partial charge in [0.25, 0.3) is 0 Å². The van der Waals surface area contributed by atoms with Crippen LogP contribution in [0.15, 0.2) is 30.3 Å². The van der Waals surface area contributed by atoms with Gasteiger partial charge in [-0.05, 0) is 55.3 Å². The first-order chi connectivity index (χ1) is 18.3. The maximum atomic E-state index is 14.2. The average Bonchev–Trinajstić information content (AvgIpc) is 3.40. The van der Waals surface area contributed by atoms with Gasteiger partial charge in [0.15, 0.2) is 16.6 Å². The van der Waals surface area contributed by atoms with Crippen LogP contribution in [0.3, 0.4) is 0 Å². The number of para-hydroxylation sites is 1. The molecule has 0 unspecified atom stereocenters. The predicted octanol–water partition coefficient (Wildman–Crippen LogP) is 5.20. The van der Waals surface area contributed by atoms with E-state index in [0.29, 0.717) is 12.2 Å². The van der Waals surface area contributed by atoms with Crippen LogP contribution in [-0.4, -0.2) is 76.8 Å². The van der Waals surface area contributed by atoms with Gasteiger partial charge in [0, 0.05) is 6.54 Å². The normalized spacial score (nSPS) is 29.6. The molecule has 3 saturated heterocycles. The van der Waals surface area contributed by atoms with Crippen LogP contribution in [0.25, 0.3) is 0 Å². The minimum atomic E-state index is -2.34. The standard InChI is InChI=1S/C30H48N2O6Si2/c1-12-36-28(35)24-22-21(26(33)32(27(22)34)19-16-14-13-15-17-19)23-25(38-40(10,11)30(5,6)7)20(18-31(23)24)37-39(8,9)29(2,3)4/h13-17,20-25H,12,18H2,1-11H3/t20-,21-,22+,23-,24-,25+/m0/s1. The molecule has 3 fully saturated rings. The molecule has 0 spiro atoms. The largest absolute Gasteiger partial charge is 0.465 e. The lowest BCUT2D eigenvalue weighted by molar-refractivity contribution is -0.151. The zero-order valence-electron chi connectivity index (χ0n) is 26.1. The lowest BCUT2D eigenvalue weighted by atomic mass is 9.86. The van der Waals surface area contributed by atoms with E-state index in [4.69, 9.17) is 13.6 Å². The van der Waals surface area contributed by atoms with Crippen molar-refractivity contribution in [1.29, 1.82) is 0 Å². The van der Waals surface area contributed by atoms with Crippen molar-refractivity contribution in [2.45, 2.75) is 109 Å². The molecule has 10 heteroatoms. The Bertz CT molecular complexity index is 1140. The van der Waals surface area contributed by atoms with Crippen molar-refractivity contribution in [2.75, 3.05) is 18.1 Å². The number of hydrogen-bond donors (Lipinski definition) is 0. The second-order valence-electron chi connectivity index (χ2n) is 14.5. The number of carbonyl (C=O) groups is 3. The third-order valence-corrected chi connectivity index (χ3v) is 18.9. The molecule has 8 nitrogen and oxygen atoms in total. The number of anilines is 1. The lowest BCUT2D eigenvalue weighted by Crippen LogP contribution is -2.54. The van der Waals surface area contributed by atoms with Crippen molar-refractivity contribution in [3.63, 3.8) is 0 Å². The van der Waals surface area contributed by atoms with Gasteiger partial charge >= 0.3 is 5.97 Å². The molecule has 0 saturated carbocycles. The van der Waals surface area contributed by atoms with E-state index < -0.39 is 52.6 Å². The third kappa shape index (κ3) is 5.15. The Balaban J connectivity index is 1.83. The smallest absolute Gasteiger partial charge is 0.324 e. The van der Waals surface area contributed by atoms with Crippen LogP contribution in [-0.2, 0) is 28.0 Å². The highest BCUT2D eigenvalue weighted by molar-refractivity contribution is 6.74. The van der Waals surface area contributed by atoms with Crippen molar-refractivity contribution < 1.29 is 28.0 Å². The molecule has 1 aromatic carbocycles. The van der Waals surface area contributed by atoms with Crippen molar-refractivity contribution >= 4 is 40.1 Å². The van der Waals surface area contributed by atoms with Gasteiger partial charge in [0.05, 0.1) is 42.4 Å². The minimum absolute atomic E-state index is 0.0338. The van der Waals surface area contributed by atoms with Gasteiger partial charge in [-0.2, -0.15) is 0 Å². The Hall–Kier alpha value is -1.86. The van der Waals surface area contributed by atoms with Crippen molar-refractivity contribution in [3.05, 3.63) is 30.3 Å². The maximum absolute atomic E-state index is 14.2. The highest BCUT2D eigenvalue weighted by atomic mass is 28.4. The molecule has 4 rings (SSSR count). The molecule has 0 bridgehead atoms. The number of carbonyl (C=O) groups excluding carboxylic acids is 3. The van der Waals surface area contributed by atoms with E-state index in [0.717, 1.165) is 0 Å². The molecule has 1 aromatic rings. The molecule has 2 amide bonds. The fraction of sp³-hybridized carbons (Fsp3) is 0.700. The number of rotatable bonds is 7. The van der Waals surface area contributed by atoms with E-state index >= 15 is 0 Å². The van der Waals surface area contributed by atoms with Crippen LogP contribution >= 0.6 is 0 Å². The van der Waals surface area contributed by atoms with Gasteiger partial charge in [0.2, 0.25) is 11.8 Å². The number of benzene rings is 1. The topological polar surface area (TPSA) is 85.4 Å². The average molecular weight is 589 g/mol. The minimum Gasteiger partial charge on any atom is -0.465 e. The first kappa shape index (κ1) is 31.1. The van der Waals surface area contributed by atoms with Crippen LogP contribution in [0.4, 0.5) is 5.69 Å². The molecular formula is C30H48N2O6Si2. The van der Waals surface area contributed by atoms with Gasteiger partial charge in [-0.15, -0.1) is 0 Å². The quantitative estimate of drug-likeness (QED) is 0.246. The van der Waals surface area contributed by atoms with E-state index in [9.17, 15) is 14.4 Å². The number of esters is 1. The van der Waals surface area contributed by atoms with Crippen molar-refractivity contribution in [2.24, 2.45) is 11.8 Å². The molecular weight excluding hydrogens is 541 g/mol. The van der Waals surface area contributed by atoms with Crippen molar-refractivity contribution in [3.8, 4) is 0 Å². The summed E-state index contributed by atoms with van der Waals surface area (Å²) in [6, 6.07) is 7.65. The van der Waals surface area contributed by atoms with E-state index in [1.807, 2.05) is 11.0 Å². The Morgan fingerprint density at radius 2 is 1.40 bits per heavy atom. The summed E-state index contributed by atoms with van der Waals surface area (Å²) in [5, 5.41) is -0.111. The molecule has 222 valence electrons. The SMILES string of the molecule is CCOC(=O)[C@@H]1[C@@H]2C(=O)N(c3ccccc3)C(=O)[C@@H]2[C@H]2[C@H](O[Si](C)(C)C(C)(C)C)[C@@H](O[Si](C)(C)C(C)(C)C)CN21. The Morgan fingerprint density at radius 3 is 1.93 bits per heavy atom. The molecule has 0 aliphatic carbocycles. The highest BCUT2D eigenvalue weighted by Crippen LogP contribution is 2.52. The Kier molecular flexibility index (Phi) is 8.12. The Labute approximate surface area is 242 Å². The van der Waals surface area contributed by atoms with Crippen LogP contribution < -0.4 is 4.90 Å². The number of amides is 2. The van der Waals surface area contributed by atoms with E-state index in [2.05, 4.69) is 67.7 Å². The molecule has 6 atom stereocenters. The van der Waals surface area contributed by atoms with E-state index in [-0.39, 0.29) is 34.6 Å². The zero-order chi connectivity index (χ0) is 30.0. The number of nitrogens with zero attached hydrogens (tertiary/aromatic N) is 2. The second-order valence-corrected chi connectivity index (χ2v) is 24.1. The molecule has 0 aromatic heterocycles. The van der Waals surface area contributed by atoms with Gasteiger partial charge in [-0.3, -0.25) is 19.3 Å². The highest BCUT2D eigenvalue weighted by Gasteiger charge is 2.70. The number of fused-ring (bicyclic) bond motifs is 3. The summed E-state index contributed by atoms with van der Waals surface area (Å²) in [6.45, 7) is 24.4. The predicted molar refractivity (Wildman–Crippen MR) is 161 cm³/mol. The summed E-state index contributed by atoms with van der Waals surface area (Å²) in [6.07, 6.45) is -0.777. The molecule has 0 N–H and O–H groups in total. The zero-order valence-corrected chi connectivity index (χ0v) is 28.1. The van der Waals surface area contributed by atoms with Gasteiger partial charge in [0.1, 0.15) is 6.04 Å². The van der Waals surface area contributed by atoms with Crippen LogP contribution in [0.1, 0.15) is 48.5 Å². The van der Waals surface area contributed by atoms with Crippen molar-refractivity contribution in [1.82, 2.24) is 4.90 Å². The van der Waals surface area contributed by atoms with Crippen LogP contribution in [0.5, 0.6) is 0 Å². The number of imide groups is 1. The lowest BCUT2D eigenvalue weighted by Gasteiger charge is -2.44. The monoisotopic (exact) mass is 588 g/mol. The first-order valence-corrected chi connectivity index (χ1v) is 20.4. The summed E-state index contributed by atoms with van der Waals surface area (Å²) in [4.78, 5) is 44.9. The summed E-state index contributed by atoms with van der Waals surface area (Å²) in [7, 11) is -4.58. The molecule has 0 radical (unpaired) electrons. The summed E-state index contributed by atoms with van der Waals surface area (Å²) < 4.78 is 19.7. The Morgan fingerprint density at radius 1 is 0.875 bits per heavy atom. The molecule has 3 aliphatic heterocycles. The summed E-state index contributed by atoms with van der Waals surface area (Å²) >= 11 is 0. The third-order valence-electron chi connectivity index (χ3n) is 9.97. The van der Waals surface area contributed by atoms with Gasteiger partial charge < -0.3 is 13.6 Å². The molecule has 40 heavy (non-hydrogen) atoms. The van der Waals surface area contributed by atoms with Crippen LogP contribution in [0.2, 0.25) is 36.3 Å². The molecule has 3 aliphatic rings. The maximum Gasteiger partial charge on any atom is 0.324 e. The van der Waals surface area contributed by atoms with E-state index in [1.165, 1.54) is 4.90 Å². The number of hydrogen-bond acceptors (Lipinski definition) is 7. The summed E-state index contributed by atoms with van der Waals surface area (Å²) in [5.41, 5.74) is 0.523.